The zero-order valence-electron chi connectivity index (χ0n) is 26.1. The van der Waals surface area contributed by atoms with Crippen molar-refractivity contribution in [3.8, 4) is 0 Å². The van der Waals surface area contributed by atoms with Gasteiger partial charge in [-0.2, -0.15) is 0 Å². The van der Waals surface area contributed by atoms with Gasteiger partial charge in [0.05, 0.1) is 0 Å². The lowest BCUT2D eigenvalue weighted by Gasteiger charge is -2.63. The molecular formula is C21H48O13Si8. The molecule has 6 aliphatic heterocycles. The number of hydrogen-bond acceptors (Lipinski definition) is 13. The topological polar surface area (TPSA) is 120 Å². The third kappa shape index (κ3) is 5.91. The zero-order chi connectivity index (χ0) is 30.0. The average Bonchev–Trinajstić information content (AvgIpc) is 3.76. The second-order valence-corrected chi connectivity index (χ2v) is 38.0. The van der Waals surface area contributed by atoms with Crippen molar-refractivity contribution < 1.29 is 54.1 Å². The molecule has 42 heavy (non-hydrogen) atoms. The first-order valence-corrected chi connectivity index (χ1v) is 31.4. The van der Waals surface area contributed by atoms with Crippen molar-refractivity contribution in [2.45, 2.75) is 116 Å². The molecule has 0 atom stereocenters. The lowest BCUT2D eigenvalue weighted by molar-refractivity contribution is -0.0293. The van der Waals surface area contributed by atoms with Gasteiger partial charge in [-0.25, -0.2) is 0 Å². The van der Waals surface area contributed by atoms with Gasteiger partial charge in [-0.1, -0.05) is 48.5 Å². The number of rotatable bonds is 13. The van der Waals surface area contributed by atoms with Gasteiger partial charge in [0.15, 0.2) is 0 Å². The molecule has 21 heteroatoms. The molecule has 0 aromatic carbocycles. The Hall–Kier alpha value is 1.22. The van der Waals surface area contributed by atoms with Crippen molar-refractivity contribution >= 4 is 70.4 Å². The maximum absolute atomic E-state index is 7.24. The Morgan fingerprint density at radius 1 is 0.429 bits per heavy atom. The normalized spacial score (nSPS) is 49.8. The van der Waals surface area contributed by atoms with Gasteiger partial charge in [-0.15, -0.1) is 0 Å². The van der Waals surface area contributed by atoms with Crippen LogP contribution in [0.3, 0.4) is 0 Å². The molecule has 7 aliphatic rings. The number of hydrogen-bond donors (Lipinski definition) is 0. The number of ether oxygens (including phenoxy) is 1. The first-order chi connectivity index (χ1) is 20.0. The highest BCUT2D eigenvalue weighted by Crippen LogP contribution is 2.53. The first-order valence-electron chi connectivity index (χ1n) is 16.0. The summed E-state index contributed by atoms with van der Waals surface area (Å²) in [7, 11) is -28.9. The van der Waals surface area contributed by atoms with E-state index in [4.69, 9.17) is 54.1 Å². The molecule has 0 radical (unpaired) electrons. The minimum atomic E-state index is -3.69. The highest BCUT2D eigenvalue weighted by Gasteiger charge is 2.81. The van der Waals surface area contributed by atoms with Crippen molar-refractivity contribution in [1.82, 2.24) is 0 Å². The van der Waals surface area contributed by atoms with Crippen molar-refractivity contribution in [3.05, 3.63) is 0 Å². The maximum Gasteiger partial charge on any atom is 0.478 e. The molecule has 13 nitrogen and oxygen atoms in total. The molecule has 0 unspecified atom stereocenters. The predicted molar refractivity (Wildman–Crippen MR) is 165 cm³/mol. The smallest absolute Gasteiger partial charge is 0.381 e. The molecule has 242 valence electrons. The zero-order valence-corrected chi connectivity index (χ0v) is 34.1. The fourth-order valence-corrected chi connectivity index (χ4v) is 55.6. The Morgan fingerprint density at radius 2 is 0.690 bits per heavy atom. The van der Waals surface area contributed by atoms with Crippen LogP contribution in [0.25, 0.3) is 0 Å². The van der Waals surface area contributed by atoms with E-state index in [0.29, 0.717) is 67.3 Å². The quantitative estimate of drug-likeness (QED) is 0.192. The second-order valence-electron chi connectivity index (χ2n) is 11.8. The van der Waals surface area contributed by atoms with E-state index >= 15 is 0 Å². The Morgan fingerprint density at radius 3 is 0.929 bits per heavy atom. The molecule has 6 saturated heterocycles. The van der Waals surface area contributed by atoms with Crippen LogP contribution in [-0.4, -0.2) is 83.6 Å². The average molecular weight is 733 g/mol. The van der Waals surface area contributed by atoms with E-state index in [1.165, 1.54) is 12.8 Å². The molecule has 0 aromatic heterocycles. The fourth-order valence-electron chi connectivity index (χ4n) is 5.94. The van der Waals surface area contributed by atoms with Crippen LogP contribution in [0.4, 0.5) is 0 Å². The summed E-state index contributed by atoms with van der Waals surface area (Å²) in [5.41, 5.74) is 0. The van der Waals surface area contributed by atoms with E-state index in [2.05, 4.69) is 0 Å². The third-order valence-corrected chi connectivity index (χ3v) is 45.5. The predicted octanol–water partition coefficient (Wildman–Crippen LogP) is 4.72. The molecular weight excluding hydrogens is 685 g/mol. The van der Waals surface area contributed by atoms with Gasteiger partial charge in [0.1, 0.15) is 0 Å². The van der Waals surface area contributed by atoms with Crippen LogP contribution in [0.15, 0.2) is 0 Å². The fraction of sp³-hybridized carbons (Fsp3) is 1.00. The summed E-state index contributed by atoms with van der Waals surface area (Å²) in [6, 6.07) is 3.66. The van der Waals surface area contributed by atoms with Crippen LogP contribution in [0.1, 0.15) is 67.7 Å². The maximum atomic E-state index is 7.24. The lowest BCUT2D eigenvalue weighted by atomic mass is 10.4. The summed E-state index contributed by atoms with van der Waals surface area (Å²) in [6.07, 6.45) is 3.17. The molecule has 7 fully saturated rings. The first kappa shape index (κ1) is 33.1. The Bertz CT molecular complexity index is 889. The van der Waals surface area contributed by atoms with Crippen LogP contribution in [-0.2, 0) is 54.1 Å². The van der Waals surface area contributed by atoms with E-state index in [9.17, 15) is 0 Å². The van der Waals surface area contributed by atoms with Gasteiger partial charge in [-0.05, 0) is 25.2 Å². The van der Waals surface area contributed by atoms with Crippen LogP contribution >= 0.6 is 0 Å². The Balaban J connectivity index is 1.53. The molecule has 0 aromatic rings. The van der Waals surface area contributed by atoms with Crippen LogP contribution in [0.5, 0.6) is 0 Å². The molecule has 1 saturated carbocycles. The van der Waals surface area contributed by atoms with E-state index in [0.717, 1.165) is 6.61 Å². The van der Waals surface area contributed by atoms with Crippen molar-refractivity contribution in [2.24, 2.45) is 5.92 Å². The van der Waals surface area contributed by atoms with Crippen LogP contribution < -0.4 is 0 Å². The lowest BCUT2D eigenvalue weighted by Crippen LogP contribution is -2.88. The minimum absolute atomic E-state index is 0.452. The molecule has 1 aliphatic carbocycles. The monoisotopic (exact) mass is 732 g/mol. The molecule has 0 amide bonds. The summed E-state index contributed by atoms with van der Waals surface area (Å²) in [5, 5.41) is 0. The standard InChI is InChI=1S/C21H48O13Si8/c1-8-35-23-36(9-2)26-39(12-5)28-37(10-3,24-35)30-41(14-7)31-38(11-4,25-35)29-40(13-6,27-36)33-42(32-39,34-41)19-15-18-22-20-21-16-17-21/h21H,8-20H2,1-7H3. The van der Waals surface area contributed by atoms with Gasteiger partial charge in [-0.3, -0.25) is 0 Å². The largest absolute Gasteiger partial charge is 0.478 e. The summed E-state index contributed by atoms with van der Waals surface area (Å²) in [4.78, 5) is 0. The van der Waals surface area contributed by atoms with Crippen molar-refractivity contribution in [3.63, 3.8) is 0 Å². The highest BCUT2D eigenvalue weighted by molar-refractivity contribution is 7.03. The van der Waals surface area contributed by atoms with E-state index in [-0.39, 0.29) is 0 Å². The van der Waals surface area contributed by atoms with E-state index in [1.54, 1.807) is 0 Å². The Kier molecular flexibility index (Phi) is 9.25. The van der Waals surface area contributed by atoms with Gasteiger partial charge in [0.25, 0.3) is 0 Å². The van der Waals surface area contributed by atoms with Gasteiger partial charge in [0, 0.05) is 61.6 Å². The molecule has 6 heterocycles. The Labute approximate surface area is 258 Å². The minimum Gasteiger partial charge on any atom is -0.381 e. The summed E-state index contributed by atoms with van der Waals surface area (Å²) in [6.45, 7) is 15.4. The molecule has 8 bridgehead atoms. The van der Waals surface area contributed by atoms with E-state index in [1.807, 2.05) is 48.5 Å². The van der Waals surface area contributed by atoms with Crippen molar-refractivity contribution in [1.29, 1.82) is 0 Å². The summed E-state index contributed by atoms with van der Waals surface area (Å²) in [5.74, 6) is 0.685. The van der Waals surface area contributed by atoms with E-state index < -0.39 is 70.4 Å². The highest BCUT2D eigenvalue weighted by atomic mass is 28.6. The molecule has 0 spiro atoms. The summed E-state index contributed by atoms with van der Waals surface area (Å²) >= 11 is 0. The molecule has 0 N–H and O–H groups in total. The van der Waals surface area contributed by atoms with Gasteiger partial charge in [0.2, 0.25) is 0 Å². The molecule has 7 rings (SSSR count). The van der Waals surface area contributed by atoms with Crippen molar-refractivity contribution in [2.75, 3.05) is 13.2 Å². The van der Waals surface area contributed by atoms with Gasteiger partial charge >= 0.3 is 70.4 Å². The third-order valence-electron chi connectivity index (χ3n) is 8.59. The SMILES string of the molecule is CC[Si]12O[Si]3(CC)O[Si]4(CC)O[Si](CC)(O1)O[Si]1(CC)O[Si](CC)(O2)O[Si](CC)(O3)O[Si](CCCOCC2CC2)(O4)O1. The van der Waals surface area contributed by atoms with Gasteiger partial charge < -0.3 is 54.1 Å². The summed E-state index contributed by atoms with van der Waals surface area (Å²) < 4.78 is 91.9. The van der Waals surface area contributed by atoms with Crippen LogP contribution in [0, 0.1) is 5.92 Å². The second kappa shape index (κ2) is 11.7. The van der Waals surface area contributed by atoms with Crippen LogP contribution in [0.2, 0.25) is 48.4 Å².